The van der Waals surface area contributed by atoms with Crippen LogP contribution in [0.3, 0.4) is 0 Å². The quantitative estimate of drug-likeness (QED) is 0.352. The minimum Gasteiger partial charge on any atom is -0.348 e. The molecule has 7 heavy (non-hydrogen) atoms. The average Bonchev–Trinajstić information content (AvgIpc) is 1.69. The number of nitrogens with two attached hydrogens (primary N) is 1. The van der Waals surface area contributed by atoms with E-state index in [9.17, 15) is 4.79 Å². The van der Waals surface area contributed by atoms with E-state index in [0.29, 0.717) is 13.1 Å². The van der Waals surface area contributed by atoms with Crippen molar-refractivity contribution in [3.05, 3.63) is 0 Å². The predicted octanol–water partition coefficient (Wildman–Crippen LogP) is -1.01. The van der Waals surface area contributed by atoms with Gasteiger partial charge in [-0.05, 0) is 13.0 Å². The normalized spacial score (nSPS) is 8.14. The monoisotopic (exact) mass is 101 g/mol. The molecule has 1 radical (unpaired) electrons. The van der Waals surface area contributed by atoms with Crippen LogP contribution in [0.2, 0.25) is 0 Å². The van der Waals surface area contributed by atoms with Gasteiger partial charge in [0.15, 0.2) is 0 Å². The summed E-state index contributed by atoms with van der Waals surface area (Å²) in [5.41, 5.74) is 5.10. The molecule has 0 saturated carbocycles. The molecule has 0 atom stereocenters. The zero-order chi connectivity index (χ0) is 5.54. The van der Waals surface area contributed by atoms with E-state index in [4.69, 9.17) is 5.73 Å². The van der Waals surface area contributed by atoms with E-state index in [0.717, 1.165) is 6.42 Å². The number of amides is 1. The van der Waals surface area contributed by atoms with E-state index in [2.05, 4.69) is 5.32 Å². The summed E-state index contributed by atoms with van der Waals surface area (Å²) in [6.45, 7) is 1.26. The highest BCUT2D eigenvalue weighted by molar-refractivity contribution is 5.46. The Morgan fingerprint density at radius 1 is 1.71 bits per heavy atom. The number of nitrogens with one attached hydrogen (secondary N) is 1. The van der Waals surface area contributed by atoms with Crippen LogP contribution in [0, 0.1) is 0 Å². The molecule has 0 aliphatic heterocycles. The van der Waals surface area contributed by atoms with Crippen LogP contribution < -0.4 is 11.1 Å². The molecular weight excluding hydrogens is 92.1 g/mol. The second kappa shape index (κ2) is 5.43. The molecule has 0 aromatic carbocycles. The lowest BCUT2D eigenvalue weighted by atomic mass is 10.4. The van der Waals surface area contributed by atoms with Crippen molar-refractivity contribution in [1.82, 2.24) is 5.32 Å². The van der Waals surface area contributed by atoms with Crippen LogP contribution in [0.15, 0.2) is 0 Å². The second-order valence-electron chi connectivity index (χ2n) is 1.17. The fourth-order valence-corrected chi connectivity index (χ4v) is 0.241. The highest BCUT2D eigenvalue weighted by Gasteiger charge is 1.77. The van der Waals surface area contributed by atoms with Crippen molar-refractivity contribution in [2.75, 3.05) is 13.1 Å². The van der Waals surface area contributed by atoms with Gasteiger partial charge in [-0.3, -0.25) is 4.79 Å². The summed E-state index contributed by atoms with van der Waals surface area (Å²) in [5, 5.41) is 2.36. The van der Waals surface area contributed by atoms with Crippen molar-refractivity contribution in [3.63, 3.8) is 0 Å². The van der Waals surface area contributed by atoms with Gasteiger partial charge in [0.05, 0.1) is 0 Å². The van der Waals surface area contributed by atoms with Crippen LogP contribution in [0.25, 0.3) is 0 Å². The van der Waals surface area contributed by atoms with Crippen LogP contribution in [-0.2, 0) is 4.79 Å². The van der Waals surface area contributed by atoms with E-state index in [-0.39, 0.29) is 0 Å². The van der Waals surface area contributed by atoms with E-state index in [1.165, 1.54) is 0 Å². The molecule has 41 valence electrons. The lowest BCUT2D eigenvalue weighted by Crippen LogP contribution is -2.15. The van der Waals surface area contributed by atoms with Gasteiger partial charge in [-0.1, -0.05) is 0 Å². The van der Waals surface area contributed by atoms with Crippen molar-refractivity contribution < 1.29 is 4.79 Å². The van der Waals surface area contributed by atoms with Gasteiger partial charge in [-0.2, -0.15) is 0 Å². The van der Waals surface area contributed by atoms with E-state index >= 15 is 0 Å². The molecule has 0 rings (SSSR count). The molecule has 0 fully saturated rings. The van der Waals surface area contributed by atoms with Crippen LogP contribution >= 0.6 is 0 Å². The zero-order valence-electron chi connectivity index (χ0n) is 4.11. The molecule has 0 bridgehead atoms. The third-order valence-corrected chi connectivity index (χ3v) is 0.578. The first-order valence-electron chi connectivity index (χ1n) is 2.22. The Bertz CT molecular complexity index is 47.0. The highest BCUT2D eigenvalue weighted by atomic mass is 16.1. The van der Waals surface area contributed by atoms with Crippen LogP contribution in [0.4, 0.5) is 0 Å². The number of hydrogen-bond donors (Lipinski definition) is 2. The Morgan fingerprint density at radius 2 is 2.43 bits per heavy atom. The molecule has 0 unspecified atom stereocenters. The maximum atomic E-state index is 9.40. The first-order chi connectivity index (χ1) is 3.41. The molecular formula is C4H9N2O. The van der Waals surface area contributed by atoms with E-state index < -0.39 is 0 Å². The highest BCUT2D eigenvalue weighted by Crippen LogP contribution is 1.63. The van der Waals surface area contributed by atoms with Gasteiger partial charge < -0.3 is 11.1 Å². The Labute approximate surface area is 42.9 Å². The van der Waals surface area contributed by atoms with Gasteiger partial charge in [-0.25, -0.2) is 0 Å². The minimum absolute atomic E-state index is 0.620. The molecule has 0 saturated heterocycles. The van der Waals surface area contributed by atoms with Gasteiger partial charge in [-0.15, -0.1) is 0 Å². The third-order valence-electron chi connectivity index (χ3n) is 0.578. The van der Waals surface area contributed by atoms with Crippen molar-refractivity contribution in [2.24, 2.45) is 5.73 Å². The SMILES string of the molecule is NCCCN[C]=O. The van der Waals surface area contributed by atoms with Crippen LogP contribution in [0.1, 0.15) is 6.42 Å². The molecule has 0 spiro atoms. The number of hydrogen-bond acceptors (Lipinski definition) is 2. The summed E-state index contributed by atoms with van der Waals surface area (Å²) < 4.78 is 0. The van der Waals surface area contributed by atoms with Gasteiger partial charge in [0.1, 0.15) is 0 Å². The van der Waals surface area contributed by atoms with Crippen molar-refractivity contribution in [1.29, 1.82) is 0 Å². The fourth-order valence-electron chi connectivity index (χ4n) is 0.241. The van der Waals surface area contributed by atoms with Crippen LogP contribution in [-0.4, -0.2) is 19.5 Å². The molecule has 1 amide bonds. The maximum Gasteiger partial charge on any atom is 0.309 e. The second-order valence-corrected chi connectivity index (χ2v) is 1.17. The number of carbonyl (C=O) groups excluding carboxylic acids is 1. The van der Waals surface area contributed by atoms with E-state index in [1.807, 2.05) is 0 Å². The van der Waals surface area contributed by atoms with Crippen molar-refractivity contribution in [3.8, 4) is 0 Å². The van der Waals surface area contributed by atoms with Gasteiger partial charge in [0.2, 0.25) is 0 Å². The summed E-state index contributed by atoms with van der Waals surface area (Å²) in [5.74, 6) is 0. The maximum absolute atomic E-state index is 9.40. The zero-order valence-corrected chi connectivity index (χ0v) is 4.11. The standard InChI is InChI=1S/C4H9N2O/c5-2-1-3-6-4-7/h1-3,5H2,(H,6,7). The third kappa shape index (κ3) is 5.43. The smallest absolute Gasteiger partial charge is 0.309 e. The Balaban J connectivity index is 2.56. The van der Waals surface area contributed by atoms with E-state index in [1.54, 1.807) is 6.41 Å². The van der Waals surface area contributed by atoms with Crippen LogP contribution in [0.5, 0.6) is 0 Å². The average molecular weight is 101 g/mol. The van der Waals surface area contributed by atoms with Crippen molar-refractivity contribution >= 4 is 6.41 Å². The predicted molar refractivity (Wildman–Crippen MR) is 27.4 cm³/mol. The number of rotatable bonds is 4. The summed E-state index contributed by atoms with van der Waals surface area (Å²) in [6, 6.07) is 0. The molecule has 0 aliphatic carbocycles. The van der Waals surface area contributed by atoms with Gasteiger partial charge in [0.25, 0.3) is 0 Å². The minimum atomic E-state index is 0.620. The molecule has 3 heteroatoms. The summed E-state index contributed by atoms with van der Waals surface area (Å²) in [7, 11) is 0. The fraction of sp³-hybridized carbons (Fsp3) is 0.750. The largest absolute Gasteiger partial charge is 0.348 e. The molecule has 0 heterocycles. The first kappa shape index (κ1) is 6.43. The molecule has 0 aliphatic rings. The molecule has 0 aromatic heterocycles. The Kier molecular flexibility index (Phi) is 4.99. The molecule has 3 nitrogen and oxygen atoms in total. The van der Waals surface area contributed by atoms with Crippen molar-refractivity contribution in [2.45, 2.75) is 6.42 Å². The van der Waals surface area contributed by atoms with Gasteiger partial charge in [0, 0.05) is 6.54 Å². The molecule has 0 aromatic rings. The summed E-state index contributed by atoms with van der Waals surface area (Å²) in [4.78, 5) is 9.40. The lowest BCUT2D eigenvalue weighted by Gasteiger charge is -1.89. The van der Waals surface area contributed by atoms with Gasteiger partial charge >= 0.3 is 6.41 Å². The Morgan fingerprint density at radius 3 is 2.86 bits per heavy atom. The lowest BCUT2D eigenvalue weighted by molar-refractivity contribution is 0.541. The summed E-state index contributed by atoms with van der Waals surface area (Å²) in [6.07, 6.45) is 2.38. The Hall–Kier alpha value is -0.570. The topological polar surface area (TPSA) is 55.1 Å². The molecule has 3 N–H and O–H groups in total. The summed E-state index contributed by atoms with van der Waals surface area (Å²) >= 11 is 0. The first-order valence-corrected chi connectivity index (χ1v) is 2.22.